The van der Waals surface area contributed by atoms with Gasteiger partial charge in [0.2, 0.25) is 0 Å². The summed E-state index contributed by atoms with van der Waals surface area (Å²) in [5.74, 6) is 1.76. The molecule has 0 saturated heterocycles. The topological polar surface area (TPSA) is 57.4 Å². The molecule has 1 unspecified atom stereocenters. The summed E-state index contributed by atoms with van der Waals surface area (Å²) >= 11 is 1.69. The summed E-state index contributed by atoms with van der Waals surface area (Å²) in [4.78, 5) is 4.83. The van der Waals surface area contributed by atoms with Gasteiger partial charge in [0.1, 0.15) is 0 Å². The van der Waals surface area contributed by atoms with Crippen molar-refractivity contribution in [3.8, 4) is 11.5 Å². The number of rotatable bonds is 7. The second kappa shape index (κ2) is 7.99. The average molecular weight is 349 g/mol. The second-order valence-electron chi connectivity index (χ2n) is 6.84. The first-order valence-electron chi connectivity index (χ1n) is 8.35. The zero-order valence-corrected chi connectivity index (χ0v) is 16.1. The van der Waals surface area contributed by atoms with Crippen molar-refractivity contribution in [2.24, 2.45) is 5.73 Å². The Hall–Kier alpha value is -1.59. The van der Waals surface area contributed by atoms with Crippen LogP contribution < -0.4 is 15.2 Å². The van der Waals surface area contributed by atoms with E-state index in [0.29, 0.717) is 13.2 Å². The Morgan fingerprint density at radius 3 is 2.58 bits per heavy atom. The number of benzene rings is 1. The van der Waals surface area contributed by atoms with Crippen LogP contribution in [-0.4, -0.2) is 25.2 Å². The fraction of sp³-hybridized carbons (Fsp3) is 0.526. The molecule has 1 aromatic carbocycles. The molecule has 5 heteroatoms. The number of methoxy groups -OCH3 is 1. The fourth-order valence-electron chi connectivity index (χ4n) is 2.55. The maximum Gasteiger partial charge on any atom is 0.164 e. The predicted octanol–water partition coefficient (Wildman–Crippen LogP) is 4.13. The smallest absolute Gasteiger partial charge is 0.164 e. The van der Waals surface area contributed by atoms with Gasteiger partial charge in [0.05, 0.1) is 24.4 Å². The van der Waals surface area contributed by atoms with Gasteiger partial charge in [-0.15, -0.1) is 11.3 Å². The molecule has 4 nitrogen and oxygen atoms in total. The molecule has 0 aliphatic rings. The molecule has 24 heavy (non-hydrogen) atoms. The molecular formula is C19H28N2O2S. The first kappa shape index (κ1) is 18.7. The molecule has 2 N–H and O–H groups in total. The monoisotopic (exact) mass is 348 g/mol. The molecule has 0 saturated carbocycles. The summed E-state index contributed by atoms with van der Waals surface area (Å²) in [5, 5.41) is 3.24. The second-order valence-corrected chi connectivity index (χ2v) is 7.73. The van der Waals surface area contributed by atoms with Crippen molar-refractivity contribution in [2.45, 2.75) is 45.4 Å². The number of hydrogen-bond acceptors (Lipinski definition) is 5. The van der Waals surface area contributed by atoms with Crippen LogP contribution in [0.15, 0.2) is 23.6 Å². The van der Waals surface area contributed by atoms with Crippen LogP contribution in [0.5, 0.6) is 11.5 Å². The standard InChI is InChI=1S/C19H28N2O2S/c1-6-23-17-13(8-7-9-15(17)22-5)10-14(11-20)18-21-16(12-24-18)19(2,3)4/h7-9,12,14H,6,10-11,20H2,1-5H3. The van der Waals surface area contributed by atoms with Crippen LogP contribution in [0.25, 0.3) is 0 Å². The Morgan fingerprint density at radius 2 is 2.04 bits per heavy atom. The number of hydrogen-bond donors (Lipinski definition) is 1. The maximum atomic E-state index is 6.06. The first-order chi connectivity index (χ1) is 11.4. The van der Waals surface area contributed by atoms with Crippen molar-refractivity contribution in [1.82, 2.24) is 4.98 Å². The van der Waals surface area contributed by atoms with Crippen LogP contribution in [0.3, 0.4) is 0 Å². The molecule has 132 valence electrons. The number of thiazole rings is 1. The van der Waals surface area contributed by atoms with Crippen LogP contribution in [0.4, 0.5) is 0 Å². The molecule has 1 heterocycles. The van der Waals surface area contributed by atoms with Crippen molar-refractivity contribution < 1.29 is 9.47 Å². The summed E-state index contributed by atoms with van der Waals surface area (Å²) in [6, 6.07) is 5.99. The highest BCUT2D eigenvalue weighted by atomic mass is 32.1. The molecule has 0 spiro atoms. The summed E-state index contributed by atoms with van der Waals surface area (Å²) in [6.07, 6.45) is 0.792. The van der Waals surface area contributed by atoms with Gasteiger partial charge in [-0.2, -0.15) is 0 Å². The molecular weight excluding hydrogens is 320 g/mol. The third kappa shape index (κ3) is 4.28. The van der Waals surface area contributed by atoms with E-state index in [1.54, 1.807) is 18.4 Å². The fourth-order valence-corrected chi connectivity index (χ4v) is 3.71. The SMILES string of the molecule is CCOc1c(CC(CN)c2nc(C(C)(C)C)cs2)cccc1OC. The molecule has 0 fully saturated rings. The van der Waals surface area contributed by atoms with E-state index in [1.807, 2.05) is 19.1 Å². The van der Waals surface area contributed by atoms with Gasteiger partial charge in [-0.25, -0.2) is 4.98 Å². The lowest BCUT2D eigenvalue weighted by atomic mass is 9.93. The van der Waals surface area contributed by atoms with Gasteiger partial charge < -0.3 is 15.2 Å². The van der Waals surface area contributed by atoms with E-state index in [0.717, 1.165) is 34.2 Å². The minimum atomic E-state index is 0.0559. The number of nitrogens with two attached hydrogens (primary N) is 1. The van der Waals surface area contributed by atoms with E-state index >= 15 is 0 Å². The van der Waals surface area contributed by atoms with Crippen molar-refractivity contribution in [3.63, 3.8) is 0 Å². The van der Waals surface area contributed by atoms with Crippen molar-refractivity contribution >= 4 is 11.3 Å². The molecule has 1 atom stereocenters. The van der Waals surface area contributed by atoms with Crippen molar-refractivity contribution in [2.75, 3.05) is 20.3 Å². The number of aromatic nitrogens is 1. The van der Waals surface area contributed by atoms with Gasteiger partial charge in [-0.1, -0.05) is 32.9 Å². The van der Waals surface area contributed by atoms with E-state index in [9.17, 15) is 0 Å². The van der Waals surface area contributed by atoms with Gasteiger partial charge in [0, 0.05) is 23.3 Å². The molecule has 1 aromatic heterocycles. The Balaban J connectivity index is 2.29. The molecule has 2 aromatic rings. The molecule has 0 radical (unpaired) electrons. The molecule has 2 rings (SSSR count). The zero-order chi connectivity index (χ0) is 17.7. The van der Waals surface area contributed by atoms with Gasteiger partial charge in [-0.05, 0) is 25.0 Å². The molecule has 0 aliphatic heterocycles. The van der Waals surface area contributed by atoms with Crippen LogP contribution in [0, 0.1) is 0 Å². The van der Waals surface area contributed by atoms with E-state index in [2.05, 4.69) is 32.2 Å². The highest BCUT2D eigenvalue weighted by Crippen LogP contribution is 2.35. The Labute approximate surface area is 149 Å². The summed E-state index contributed by atoms with van der Waals surface area (Å²) < 4.78 is 11.3. The summed E-state index contributed by atoms with van der Waals surface area (Å²) in [6.45, 7) is 9.68. The Morgan fingerprint density at radius 1 is 1.29 bits per heavy atom. The Bertz CT molecular complexity index is 662. The lowest BCUT2D eigenvalue weighted by molar-refractivity contribution is 0.307. The van der Waals surface area contributed by atoms with E-state index in [-0.39, 0.29) is 11.3 Å². The van der Waals surface area contributed by atoms with Crippen molar-refractivity contribution in [3.05, 3.63) is 39.8 Å². The van der Waals surface area contributed by atoms with E-state index in [1.165, 1.54) is 0 Å². The van der Waals surface area contributed by atoms with Crippen LogP contribution in [0.2, 0.25) is 0 Å². The molecule has 0 bridgehead atoms. The maximum absolute atomic E-state index is 6.06. The van der Waals surface area contributed by atoms with E-state index in [4.69, 9.17) is 20.2 Å². The zero-order valence-electron chi connectivity index (χ0n) is 15.3. The first-order valence-corrected chi connectivity index (χ1v) is 9.23. The lowest BCUT2D eigenvalue weighted by Crippen LogP contribution is -2.17. The van der Waals surface area contributed by atoms with Crippen molar-refractivity contribution in [1.29, 1.82) is 0 Å². The minimum Gasteiger partial charge on any atom is -0.493 e. The van der Waals surface area contributed by atoms with Gasteiger partial charge in [0.15, 0.2) is 11.5 Å². The number of para-hydroxylation sites is 1. The highest BCUT2D eigenvalue weighted by molar-refractivity contribution is 7.09. The summed E-state index contributed by atoms with van der Waals surface area (Å²) in [7, 11) is 1.67. The minimum absolute atomic E-state index is 0.0559. The van der Waals surface area contributed by atoms with Crippen LogP contribution in [0.1, 0.15) is 49.9 Å². The number of nitrogens with zero attached hydrogens (tertiary/aromatic N) is 1. The quantitative estimate of drug-likeness (QED) is 0.817. The van der Waals surface area contributed by atoms with Crippen LogP contribution >= 0.6 is 11.3 Å². The average Bonchev–Trinajstić information content (AvgIpc) is 3.04. The van der Waals surface area contributed by atoms with Gasteiger partial charge in [-0.3, -0.25) is 0 Å². The van der Waals surface area contributed by atoms with Crippen LogP contribution in [-0.2, 0) is 11.8 Å². The number of ether oxygens (including phenoxy) is 2. The lowest BCUT2D eigenvalue weighted by Gasteiger charge is -2.18. The molecule has 0 amide bonds. The van der Waals surface area contributed by atoms with Gasteiger partial charge in [0.25, 0.3) is 0 Å². The van der Waals surface area contributed by atoms with E-state index < -0.39 is 0 Å². The largest absolute Gasteiger partial charge is 0.493 e. The highest BCUT2D eigenvalue weighted by Gasteiger charge is 2.22. The Kier molecular flexibility index (Phi) is 6.24. The predicted molar refractivity (Wildman–Crippen MR) is 100 cm³/mol. The third-order valence-corrected chi connectivity index (χ3v) is 4.97. The third-order valence-electron chi connectivity index (χ3n) is 3.96. The summed E-state index contributed by atoms with van der Waals surface area (Å²) in [5.41, 5.74) is 8.35. The van der Waals surface area contributed by atoms with Gasteiger partial charge >= 0.3 is 0 Å². The molecule has 0 aliphatic carbocycles. The normalized spacial score (nSPS) is 12.9.